The van der Waals surface area contributed by atoms with E-state index in [2.05, 4.69) is 15.5 Å². The molecule has 0 fully saturated rings. The highest BCUT2D eigenvalue weighted by Gasteiger charge is 2.38. The third kappa shape index (κ3) is 2.42. The van der Waals surface area contributed by atoms with E-state index in [4.69, 9.17) is 5.11 Å². The van der Waals surface area contributed by atoms with E-state index in [-0.39, 0.29) is 6.54 Å². The summed E-state index contributed by atoms with van der Waals surface area (Å²) in [6, 6.07) is 0. The summed E-state index contributed by atoms with van der Waals surface area (Å²) in [5, 5.41) is 17.8. The van der Waals surface area contributed by atoms with Crippen molar-refractivity contribution in [1.29, 1.82) is 0 Å². The van der Waals surface area contributed by atoms with Crippen LogP contribution in [0.4, 0.5) is 8.78 Å². The number of aryl methyl sites for hydroxylation is 1. The predicted molar refractivity (Wildman–Crippen MR) is 35.0 cm³/mol. The van der Waals surface area contributed by atoms with E-state index in [1.807, 2.05) is 0 Å². The van der Waals surface area contributed by atoms with Crippen molar-refractivity contribution in [3.8, 4) is 0 Å². The number of carboxylic acids is 1. The molecule has 72 valence electrons. The van der Waals surface area contributed by atoms with Crippen LogP contribution >= 0.6 is 0 Å². The molecule has 1 heterocycles. The zero-order valence-corrected chi connectivity index (χ0v) is 6.39. The molecule has 1 N–H and O–H groups in total. The number of hydrogen-bond donors (Lipinski definition) is 1. The van der Waals surface area contributed by atoms with Crippen molar-refractivity contribution in [2.75, 3.05) is 0 Å². The lowest BCUT2D eigenvalue weighted by Crippen LogP contribution is -2.29. The minimum Gasteiger partial charge on any atom is -0.477 e. The Hall–Kier alpha value is -1.60. The van der Waals surface area contributed by atoms with Gasteiger partial charge in [-0.25, -0.2) is 9.48 Å². The number of aromatic nitrogens is 4. The molecule has 0 radical (unpaired) electrons. The second kappa shape index (κ2) is 3.42. The highest BCUT2D eigenvalue weighted by molar-refractivity contribution is 5.75. The molecule has 0 spiro atoms. The van der Waals surface area contributed by atoms with Crippen molar-refractivity contribution in [2.45, 2.75) is 18.9 Å². The molecule has 0 atom stereocenters. The maximum absolute atomic E-state index is 12.5. The molecule has 0 saturated heterocycles. The number of nitrogens with zero attached hydrogens (tertiary/aromatic N) is 4. The van der Waals surface area contributed by atoms with E-state index < -0.39 is 18.3 Å². The first kappa shape index (κ1) is 9.49. The van der Waals surface area contributed by atoms with Gasteiger partial charge in [0.15, 0.2) is 0 Å². The smallest absolute Gasteiger partial charge is 0.374 e. The summed E-state index contributed by atoms with van der Waals surface area (Å²) in [6.45, 7) is -0.230. The first-order chi connectivity index (χ1) is 6.02. The Kier molecular flexibility index (Phi) is 2.49. The van der Waals surface area contributed by atoms with E-state index in [0.29, 0.717) is 0 Å². The van der Waals surface area contributed by atoms with Gasteiger partial charge in [0.2, 0.25) is 0 Å². The Morgan fingerprint density at radius 3 is 2.77 bits per heavy atom. The summed E-state index contributed by atoms with van der Waals surface area (Å²) in [5.41, 5.74) is 0. The number of tetrazole rings is 1. The van der Waals surface area contributed by atoms with Crippen molar-refractivity contribution in [3.63, 3.8) is 0 Å². The van der Waals surface area contributed by atoms with E-state index in [1.165, 1.54) is 0 Å². The predicted octanol–water partition coefficient (Wildman–Crippen LogP) is -0.217. The third-order valence-electron chi connectivity index (χ3n) is 1.36. The Balaban J connectivity index is 2.47. The highest BCUT2D eigenvalue weighted by atomic mass is 19.3. The Bertz CT molecular complexity index is 287. The maximum Gasteiger partial charge on any atom is 0.374 e. The lowest BCUT2D eigenvalue weighted by molar-refractivity contribution is -0.166. The van der Waals surface area contributed by atoms with Crippen molar-refractivity contribution < 1.29 is 18.7 Å². The molecule has 0 aliphatic carbocycles. The summed E-state index contributed by atoms with van der Waals surface area (Å²) in [7, 11) is 0. The van der Waals surface area contributed by atoms with Gasteiger partial charge < -0.3 is 5.11 Å². The summed E-state index contributed by atoms with van der Waals surface area (Å²) in [6.07, 6.45) is 0.311. The van der Waals surface area contributed by atoms with Gasteiger partial charge in [-0.1, -0.05) is 0 Å². The zero-order chi connectivity index (χ0) is 9.90. The first-order valence-electron chi connectivity index (χ1n) is 3.34. The van der Waals surface area contributed by atoms with Gasteiger partial charge in [-0.3, -0.25) is 0 Å². The molecule has 8 heteroatoms. The van der Waals surface area contributed by atoms with Gasteiger partial charge in [0, 0.05) is 6.42 Å². The largest absolute Gasteiger partial charge is 0.477 e. The second-order valence-corrected chi connectivity index (χ2v) is 2.33. The van der Waals surface area contributed by atoms with E-state index in [1.54, 1.807) is 0 Å². The fourth-order valence-corrected chi connectivity index (χ4v) is 0.645. The van der Waals surface area contributed by atoms with Gasteiger partial charge >= 0.3 is 11.9 Å². The van der Waals surface area contributed by atoms with Crippen LogP contribution in [0.5, 0.6) is 0 Å². The molecule has 6 nitrogen and oxygen atoms in total. The third-order valence-corrected chi connectivity index (χ3v) is 1.36. The van der Waals surface area contributed by atoms with Crippen molar-refractivity contribution >= 4 is 5.97 Å². The molecule has 0 amide bonds. The van der Waals surface area contributed by atoms with Gasteiger partial charge in [0.1, 0.15) is 6.33 Å². The molecule has 1 rings (SSSR count). The fraction of sp³-hybridized carbons (Fsp3) is 0.600. The van der Waals surface area contributed by atoms with Crippen LogP contribution in [0.1, 0.15) is 6.42 Å². The molecule has 0 unspecified atom stereocenters. The fourth-order valence-electron chi connectivity index (χ4n) is 0.645. The van der Waals surface area contributed by atoms with Gasteiger partial charge in [-0.2, -0.15) is 8.78 Å². The van der Waals surface area contributed by atoms with Gasteiger partial charge in [-0.15, -0.1) is 5.10 Å². The minimum atomic E-state index is -3.73. The summed E-state index contributed by atoms with van der Waals surface area (Å²) >= 11 is 0. The topological polar surface area (TPSA) is 80.9 Å². The van der Waals surface area contributed by atoms with Crippen LogP contribution in [0, 0.1) is 0 Å². The van der Waals surface area contributed by atoms with Crippen LogP contribution in [0.2, 0.25) is 0 Å². The van der Waals surface area contributed by atoms with Gasteiger partial charge in [0.05, 0.1) is 6.54 Å². The maximum atomic E-state index is 12.5. The molecule has 0 bridgehead atoms. The van der Waals surface area contributed by atoms with Crippen molar-refractivity contribution in [3.05, 3.63) is 6.33 Å². The molecule has 0 aliphatic heterocycles. The molecule has 0 aliphatic rings. The Morgan fingerprint density at radius 1 is 1.62 bits per heavy atom. The van der Waals surface area contributed by atoms with Crippen molar-refractivity contribution in [1.82, 2.24) is 20.2 Å². The lowest BCUT2D eigenvalue weighted by atomic mass is 10.2. The molecular weight excluding hydrogens is 186 g/mol. The SMILES string of the molecule is O=C(O)C(F)(F)CCn1cnnn1. The number of halogens is 2. The normalized spacial score (nSPS) is 11.5. The summed E-state index contributed by atoms with van der Waals surface area (Å²) in [5.74, 6) is -5.87. The van der Waals surface area contributed by atoms with Crippen LogP contribution < -0.4 is 0 Å². The molecule has 1 aromatic heterocycles. The average molecular weight is 192 g/mol. The number of carboxylic acid groups (broad SMARTS) is 1. The summed E-state index contributed by atoms with van der Waals surface area (Å²) in [4.78, 5) is 9.97. The van der Waals surface area contributed by atoms with Crippen LogP contribution in [0.25, 0.3) is 0 Å². The summed E-state index contributed by atoms with van der Waals surface area (Å²) < 4.78 is 26.0. The number of alkyl halides is 2. The zero-order valence-electron chi connectivity index (χ0n) is 6.39. The van der Waals surface area contributed by atoms with Crippen molar-refractivity contribution in [2.24, 2.45) is 0 Å². The number of aliphatic carboxylic acids is 1. The second-order valence-electron chi connectivity index (χ2n) is 2.33. The molecule has 1 aromatic rings. The number of rotatable bonds is 4. The van der Waals surface area contributed by atoms with Gasteiger partial charge in [-0.05, 0) is 10.4 Å². The van der Waals surface area contributed by atoms with Crippen LogP contribution in [-0.4, -0.2) is 37.2 Å². The highest BCUT2D eigenvalue weighted by Crippen LogP contribution is 2.18. The number of carbonyl (C=O) groups is 1. The lowest BCUT2D eigenvalue weighted by Gasteiger charge is -2.09. The molecular formula is C5H6F2N4O2. The minimum absolute atomic E-state index is 0.230. The van der Waals surface area contributed by atoms with E-state index in [0.717, 1.165) is 11.0 Å². The van der Waals surface area contributed by atoms with E-state index >= 15 is 0 Å². The number of hydrogen-bond acceptors (Lipinski definition) is 4. The molecule has 13 heavy (non-hydrogen) atoms. The Morgan fingerprint density at radius 2 is 2.31 bits per heavy atom. The monoisotopic (exact) mass is 192 g/mol. The average Bonchev–Trinajstić information content (AvgIpc) is 2.52. The van der Waals surface area contributed by atoms with Crippen LogP contribution in [-0.2, 0) is 11.3 Å². The Labute approximate surface area is 71.2 Å². The van der Waals surface area contributed by atoms with Crippen LogP contribution in [0.15, 0.2) is 6.33 Å². The van der Waals surface area contributed by atoms with Crippen LogP contribution in [0.3, 0.4) is 0 Å². The quantitative estimate of drug-likeness (QED) is 0.713. The first-order valence-corrected chi connectivity index (χ1v) is 3.34. The standard InChI is InChI=1S/C5H6F2N4O2/c6-5(7,4(12)13)1-2-11-3-8-9-10-11/h3H,1-2H2,(H,12,13). The molecule has 0 aromatic carbocycles. The van der Waals surface area contributed by atoms with E-state index in [9.17, 15) is 13.6 Å². The molecule has 0 saturated carbocycles. The van der Waals surface area contributed by atoms with Gasteiger partial charge in [0.25, 0.3) is 0 Å².